The first-order chi connectivity index (χ1) is 14.4. The molecule has 0 saturated heterocycles. The standard InChI is InChI=1S/C26H55N.Mo.O/c1-3-5-7-9-11-13-15-17-19-21-23-25-27-26-24-22-20-18-16-14-12-10-8-6-4-2;;/h27H,3-26H2,1-2H3;;. The second kappa shape index (κ2) is 33.1. The summed E-state index contributed by atoms with van der Waals surface area (Å²) in [5.41, 5.74) is 0. The molecule has 2 nitrogen and oxygen atoms in total. The Balaban J connectivity index is 0. The summed E-state index contributed by atoms with van der Waals surface area (Å²) in [6.07, 6.45) is 31.8. The number of rotatable bonds is 24. The summed E-state index contributed by atoms with van der Waals surface area (Å²) in [7, 11) is 0. The second-order valence-corrected chi connectivity index (χ2v) is 8.82. The average Bonchev–Trinajstić information content (AvgIpc) is 2.75. The van der Waals surface area contributed by atoms with E-state index in [0.717, 1.165) is 0 Å². The Hall–Kier alpha value is 0.448. The molecule has 0 aliphatic carbocycles. The first-order valence-electron chi connectivity index (χ1n) is 13.3. The van der Waals surface area contributed by atoms with Gasteiger partial charge >= 0.3 is 23.2 Å². The van der Waals surface area contributed by atoms with E-state index in [1.165, 1.54) is 154 Å². The molecule has 0 aromatic rings. The molecule has 1 N–H and O–H groups in total. The van der Waals surface area contributed by atoms with Crippen LogP contribution in [-0.2, 0) is 23.2 Å². The van der Waals surface area contributed by atoms with Gasteiger partial charge in [0, 0.05) is 0 Å². The molecule has 0 amide bonds. The van der Waals surface area contributed by atoms with Gasteiger partial charge < -0.3 is 5.32 Å². The third-order valence-electron chi connectivity index (χ3n) is 5.91. The van der Waals surface area contributed by atoms with Crippen LogP contribution in [0.3, 0.4) is 0 Å². The molecule has 0 bridgehead atoms. The van der Waals surface area contributed by atoms with Crippen LogP contribution in [-0.4, -0.2) is 13.1 Å². The Morgan fingerprint density at radius 1 is 0.379 bits per heavy atom. The van der Waals surface area contributed by atoms with Crippen LogP contribution in [0, 0.1) is 0 Å². The van der Waals surface area contributed by atoms with E-state index in [1.807, 2.05) is 0 Å². The second-order valence-electron chi connectivity index (χ2n) is 8.82. The van der Waals surface area contributed by atoms with E-state index >= 15 is 0 Å². The summed E-state index contributed by atoms with van der Waals surface area (Å²) in [6, 6.07) is 0. The van der Waals surface area contributed by atoms with E-state index in [1.54, 1.807) is 0 Å². The number of hydrogen-bond acceptors (Lipinski definition) is 2. The molecule has 0 aliphatic rings. The molecule has 0 fully saturated rings. The molecule has 0 rings (SSSR count). The molecular formula is C26H55MoNO. The minimum atomic E-state index is 0.700. The summed E-state index contributed by atoms with van der Waals surface area (Å²) in [5.74, 6) is 0. The van der Waals surface area contributed by atoms with Crippen molar-refractivity contribution in [1.82, 2.24) is 5.32 Å². The molecule has 29 heavy (non-hydrogen) atoms. The molecule has 0 saturated carbocycles. The average molecular weight is 494 g/mol. The van der Waals surface area contributed by atoms with E-state index in [0.29, 0.717) is 19.8 Å². The zero-order chi connectivity index (χ0) is 21.7. The van der Waals surface area contributed by atoms with Crippen molar-refractivity contribution < 1.29 is 23.2 Å². The first-order valence-corrected chi connectivity index (χ1v) is 14.1. The van der Waals surface area contributed by atoms with Crippen molar-refractivity contribution in [3.8, 4) is 0 Å². The zero-order valence-corrected chi connectivity index (χ0v) is 22.3. The Kier molecular flexibility index (Phi) is 36.1. The van der Waals surface area contributed by atoms with Crippen molar-refractivity contribution in [2.24, 2.45) is 0 Å². The Morgan fingerprint density at radius 3 is 0.828 bits per heavy atom. The monoisotopic (exact) mass is 495 g/mol. The van der Waals surface area contributed by atoms with Crippen molar-refractivity contribution in [2.45, 2.75) is 155 Å². The van der Waals surface area contributed by atoms with E-state index < -0.39 is 0 Å². The van der Waals surface area contributed by atoms with Gasteiger partial charge in [-0.1, -0.05) is 142 Å². The van der Waals surface area contributed by atoms with Crippen molar-refractivity contribution in [2.75, 3.05) is 13.1 Å². The summed E-state index contributed by atoms with van der Waals surface area (Å²) in [4.78, 5) is 0. The molecule has 0 radical (unpaired) electrons. The van der Waals surface area contributed by atoms with Gasteiger partial charge in [0.25, 0.3) is 0 Å². The SMILES string of the molecule is CCCCCCCCCCCCCNCCCCCCCCCCCCC.[O]=[Mo]. The quantitative estimate of drug-likeness (QED) is 0.107. The third kappa shape index (κ3) is 33.3. The molecule has 0 aromatic carbocycles. The topological polar surface area (TPSA) is 29.1 Å². The summed E-state index contributed by atoms with van der Waals surface area (Å²) in [6.45, 7) is 7.09. The summed E-state index contributed by atoms with van der Waals surface area (Å²) in [5, 5.41) is 3.65. The molecule has 0 unspecified atom stereocenters. The maximum absolute atomic E-state index is 8.26. The summed E-state index contributed by atoms with van der Waals surface area (Å²) < 4.78 is 8.26. The van der Waals surface area contributed by atoms with Gasteiger partial charge in [0.05, 0.1) is 0 Å². The van der Waals surface area contributed by atoms with Crippen molar-refractivity contribution in [1.29, 1.82) is 0 Å². The Labute approximate surface area is 196 Å². The van der Waals surface area contributed by atoms with Gasteiger partial charge in [0.2, 0.25) is 0 Å². The molecule has 3 heteroatoms. The van der Waals surface area contributed by atoms with Crippen LogP contribution >= 0.6 is 0 Å². The number of nitrogens with one attached hydrogen (secondary N) is 1. The minimum absolute atomic E-state index is 0.700. The molecular weight excluding hydrogens is 438 g/mol. The molecule has 0 atom stereocenters. The van der Waals surface area contributed by atoms with Crippen molar-refractivity contribution in [3.05, 3.63) is 0 Å². The van der Waals surface area contributed by atoms with Crippen LogP contribution in [0.5, 0.6) is 0 Å². The van der Waals surface area contributed by atoms with Crippen molar-refractivity contribution >= 4 is 0 Å². The third-order valence-corrected chi connectivity index (χ3v) is 5.91. The summed E-state index contributed by atoms with van der Waals surface area (Å²) >= 11 is 0.700. The van der Waals surface area contributed by atoms with E-state index in [-0.39, 0.29) is 0 Å². The van der Waals surface area contributed by atoms with Gasteiger partial charge in [-0.2, -0.15) is 0 Å². The van der Waals surface area contributed by atoms with Gasteiger partial charge in [-0.25, -0.2) is 0 Å². The van der Waals surface area contributed by atoms with Crippen LogP contribution in [0.25, 0.3) is 0 Å². The molecule has 0 aliphatic heterocycles. The van der Waals surface area contributed by atoms with Gasteiger partial charge in [-0.05, 0) is 25.9 Å². The molecule has 0 spiro atoms. The fraction of sp³-hybridized carbons (Fsp3) is 1.00. The zero-order valence-electron chi connectivity index (χ0n) is 20.3. The van der Waals surface area contributed by atoms with Gasteiger partial charge in [-0.3, -0.25) is 0 Å². The maximum atomic E-state index is 8.26. The van der Waals surface area contributed by atoms with Crippen LogP contribution in [0.1, 0.15) is 155 Å². The fourth-order valence-electron chi connectivity index (χ4n) is 3.95. The predicted molar refractivity (Wildman–Crippen MR) is 126 cm³/mol. The Morgan fingerprint density at radius 2 is 0.586 bits per heavy atom. The van der Waals surface area contributed by atoms with Gasteiger partial charge in [0.1, 0.15) is 0 Å². The molecule has 0 aromatic heterocycles. The molecule has 176 valence electrons. The van der Waals surface area contributed by atoms with E-state index in [9.17, 15) is 0 Å². The van der Waals surface area contributed by atoms with Crippen molar-refractivity contribution in [3.63, 3.8) is 0 Å². The van der Waals surface area contributed by atoms with Crippen LogP contribution in [0.15, 0.2) is 0 Å². The van der Waals surface area contributed by atoms with Crippen LogP contribution in [0.2, 0.25) is 0 Å². The van der Waals surface area contributed by atoms with Crippen LogP contribution in [0.4, 0.5) is 0 Å². The fourth-order valence-corrected chi connectivity index (χ4v) is 3.95. The van der Waals surface area contributed by atoms with Gasteiger partial charge in [0.15, 0.2) is 0 Å². The van der Waals surface area contributed by atoms with E-state index in [2.05, 4.69) is 19.2 Å². The van der Waals surface area contributed by atoms with Gasteiger partial charge in [-0.15, -0.1) is 0 Å². The first kappa shape index (κ1) is 31.6. The van der Waals surface area contributed by atoms with E-state index in [4.69, 9.17) is 3.40 Å². The normalized spacial score (nSPS) is 10.7. The Bertz CT molecular complexity index is 239. The number of unbranched alkanes of at least 4 members (excludes halogenated alkanes) is 20. The predicted octanol–water partition coefficient (Wildman–Crippen LogP) is 9.08. The van der Waals surface area contributed by atoms with Crippen LogP contribution < -0.4 is 5.32 Å². The number of hydrogen-bond donors (Lipinski definition) is 1. The molecule has 0 heterocycles.